The normalized spacial score (nSPS) is 24.9. The highest BCUT2D eigenvalue weighted by Gasteiger charge is 2.25. The van der Waals surface area contributed by atoms with Crippen molar-refractivity contribution < 1.29 is 23.9 Å². The van der Waals surface area contributed by atoms with E-state index in [1.54, 1.807) is 12.1 Å². The first-order valence-electron chi connectivity index (χ1n) is 11.0. The fourth-order valence-electron chi connectivity index (χ4n) is 4.01. The van der Waals surface area contributed by atoms with E-state index >= 15 is 0 Å². The van der Waals surface area contributed by atoms with Crippen LogP contribution in [-0.2, 0) is 9.47 Å². The topological polar surface area (TPSA) is 83.3 Å². The maximum absolute atomic E-state index is 11.8. The molecule has 1 aromatic rings. The second-order valence-electron chi connectivity index (χ2n) is 8.00. The number of rotatable bonds is 7. The Balaban J connectivity index is 1.62. The molecular formula is C22H30N2O6. The van der Waals surface area contributed by atoms with Crippen LogP contribution >= 0.6 is 0 Å². The molecule has 0 N–H and O–H groups in total. The largest absolute Gasteiger partial charge is 0.461 e. The lowest BCUT2D eigenvalue weighted by Crippen LogP contribution is -2.27. The van der Waals surface area contributed by atoms with Crippen LogP contribution in [0.1, 0.15) is 56.9 Å². The van der Waals surface area contributed by atoms with Gasteiger partial charge in [-0.25, -0.2) is 0 Å². The molecular weight excluding hydrogens is 388 g/mol. The summed E-state index contributed by atoms with van der Waals surface area (Å²) in [5, 5.41) is 11.8. The second kappa shape index (κ2) is 10.1. The summed E-state index contributed by atoms with van der Waals surface area (Å²) in [4.78, 5) is 13.6. The minimum absolute atomic E-state index is 0.00633. The van der Waals surface area contributed by atoms with Crippen molar-refractivity contribution in [2.75, 3.05) is 26.3 Å². The number of benzene rings is 1. The van der Waals surface area contributed by atoms with Gasteiger partial charge in [-0.15, -0.1) is 0 Å². The summed E-state index contributed by atoms with van der Waals surface area (Å²) < 4.78 is 23.5. The highest BCUT2D eigenvalue weighted by molar-refractivity contribution is 5.66. The van der Waals surface area contributed by atoms with Gasteiger partial charge in [0.25, 0.3) is 5.69 Å². The van der Waals surface area contributed by atoms with Crippen LogP contribution < -0.4 is 9.47 Å². The zero-order valence-electron chi connectivity index (χ0n) is 17.3. The van der Waals surface area contributed by atoms with E-state index in [9.17, 15) is 10.1 Å². The van der Waals surface area contributed by atoms with Crippen molar-refractivity contribution >= 4 is 11.8 Å². The maximum atomic E-state index is 11.8. The van der Waals surface area contributed by atoms with Crippen LogP contribution in [0.15, 0.2) is 18.3 Å². The molecule has 3 heterocycles. The standard InChI is InChI=1S/C22H30N2O6/c25-24(26)18-16-20(30-22-8-2-6-14-28-22)19(29-21-7-1-5-13-27-21)15-17(18)9-12-23-10-3-4-11-23/h9,12,15-16,21-22H,1-8,10-11,13-14H2. The van der Waals surface area contributed by atoms with Crippen molar-refractivity contribution in [1.82, 2.24) is 4.90 Å². The fraction of sp³-hybridized carbons (Fsp3) is 0.636. The van der Waals surface area contributed by atoms with Gasteiger partial charge in [-0.1, -0.05) is 0 Å². The molecule has 2 unspecified atom stereocenters. The highest BCUT2D eigenvalue weighted by atomic mass is 16.7. The Hall–Kier alpha value is -2.32. The van der Waals surface area contributed by atoms with E-state index in [1.165, 1.54) is 6.07 Å². The Kier molecular flexibility index (Phi) is 7.07. The summed E-state index contributed by atoms with van der Waals surface area (Å²) in [5.74, 6) is 0.795. The van der Waals surface area contributed by atoms with Crippen LogP contribution in [0, 0.1) is 10.1 Å². The van der Waals surface area contributed by atoms with Gasteiger partial charge in [-0.3, -0.25) is 10.1 Å². The van der Waals surface area contributed by atoms with Crippen LogP contribution in [0.25, 0.3) is 6.08 Å². The number of ether oxygens (including phenoxy) is 4. The van der Waals surface area contributed by atoms with Crippen molar-refractivity contribution in [3.05, 3.63) is 34.0 Å². The van der Waals surface area contributed by atoms with E-state index < -0.39 is 6.29 Å². The number of nitro groups is 1. The van der Waals surface area contributed by atoms with E-state index in [0.29, 0.717) is 30.3 Å². The molecule has 0 amide bonds. The third-order valence-corrected chi connectivity index (χ3v) is 5.69. The molecule has 8 heteroatoms. The summed E-state index contributed by atoms with van der Waals surface area (Å²) in [6, 6.07) is 3.15. The summed E-state index contributed by atoms with van der Waals surface area (Å²) in [5.41, 5.74) is 0.489. The molecule has 0 radical (unpaired) electrons. The zero-order valence-corrected chi connectivity index (χ0v) is 17.3. The lowest BCUT2D eigenvalue weighted by atomic mass is 10.1. The van der Waals surface area contributed by atoms with Crippen molar-refractivity contribution in [1.29, 1.82) is 0 Å². The summed E-state index contributed by atoms with van der Waals surface area (Å²) in [7, 11) is 0. The van der Waals surface area contributed by atoms with Crippen LogP contribution in [0.3, 0.4) is 0 Å². The number of hydrogen-bond acceptors (Lipinski definition) is 7. The van der Waals surface area contributed by atoms with E-state index in [4.69, 9.17) is 18.9 Å². The molecule has 2 atom stereocenters. The highest BCUT2D eigenvalue weighted by Crippen LogP contribution is 2.38. The Morgan fingerprint density at radius 1 is 0.933 bits per heavy atom. The number of likely N-dealkylation sites (tertiary alicyclic amines) is 1. The first-order chi connectivity index (χ1) is 14.7. The minimum atomic E-state index is -0.418. The van der Waals surface area contributed by atoms with Crippen molar-refractivity contribution in [2.24, 2.45) is 0 Å². The molecule has 0 bridgehead atoms. The fourth-order valence-corrected chi connectivity index (χ4v) is 4.01. The van der Waals surface area contributed by atoms with Crippen LogP contribution in [-0.4, -0.2) is 48.7 Å². The molecule has 0 aliphatic carbocycles. The average molecular weight is 418 g/mol. The monoisotopic (exact) mass is 418 g/mol. The first-order valence-corrected chi connectivity index (χ1v) is 11.0. The van der Waals surface area contributed by atoms with Gasteiger partial charge < -0.3 is 23.8 Å². The van der Waals surface area contributed by atoms with Gasteiger partial charge in [-0.2, -0.15) is 0 Å². The molecule has 3 fully saturated rings. The molecule has 1 aromatic carbocycles. The van der Waals surface area contributed by atoms with Gasteiger partial charge in [-0.05, 0) is 56.9 Å². The van der Waals surface area contributed by atoms with Crippen molar-refractivity contribution in [3.63, 3.8) is 0 Å². The van der Waals surface area contributed by atoms with E-state index in [1.807, 2.05) is 6.20 Å². The van der Waals surface area contributed by atoms with Crippen molar-refractivity contribution in [2.45, 2.75) is 63.9 Å². The number of nitro benzene ring substituents is 1. The molecule has 3 aliphatic heterocycles. The van der Waals surface area contributed by atoms with Gasteiger partial charge in [0.15, 0.2) is 24.1 Å². The Bertz CT molecular complexity index is 750. The predicted molar refractivity (Wildman–Crippen MR) is 111 cm³/mol. The minimum Gasteiger partial charge on any atom is -0.461 e. The summed E-state index contributed by atoms with van der Waals surface area (Å²) in [6.45, 7) is 3.24. The predicted octanol–water partition coefficient (Wildman–Crippen LogP) is 4.47. The molecule has 3 saturated heterocycles. The van der Waals surface area contributed by atoms with Gasteiger partial charge >= 0.3 is 0 Å². The maximum Gasteiger partial charge on any atom is 0.280 e. The summed E-state index contributed by atoms with van der Waals surface area (Å²) in [6.07, 6.45) is 10.8. The van der Waals surface area contributed by atoms with Crippen molar-refractivity contribution in [3.8, 4) is 11.5 Å². The van der Waals surface area contributed by atoms with Gasteiger partial charge in [0.2, 0.25) is 0 Å². The van der Waals surface area contributed by atoms with Crippen LogP contribution in [0.5, 0.6) is 11.5 Å². The molecule has 0 aromatic heterocycles. The smallest absolute Gasteiger partial charge is 0.280 e. The Labute approximate surface area is 176 Å². The Morgan fingerprint density at radius 3 is 2.07 bits per heavy atom. The van der Waals surface area contributed by atoms with E-state index in [0.717, 1.165) is 64.5 Å². The lowest BCUT2D eigenvalue weighted by molar-refractivity contribution is -0.385. The molecule has 8 nitrogen and oxygen atoms in total. The SMILES string of the molecule is O=[N+]([O-])c1cc(OC2CCCCO2)c(OC2CCCCO2)cc1C=CN1CCCC1. The quantitative estimate of drug-likeness (QED) is 0.477. The first kappa shape index (κ1) is 20.9. The molecule has 164 valence electrons. The van der Waals surface area contributed by atoms with Gasteiger partial charge in [0.1, 0.15) is 0 Å². The lowest BCUT2D eigenvalue weighted by Gasteiger charge is -2.27. The zero-order chi connectivity index (χ0) is 20.8. The van der Waals surface area contributed by atoms with Crippen LogP contribution in [0.2, 0.25) is 0 Å². The third-order valence-electron chi connectivity index (χ3n) is 5.69. The second-order valence-corrected chi connectivity index (χ2v) is 8.00. The molecule has 0 saturated carbocycles. The van der Waals surface area contributed by atoms with Gasteiger partial charge in [0, 0.05) is 25.9 Å². The third kappa shape index (κ3) is 5.43. The number of hydrogen-bond donors (Lipinski definition) is 0. The van der Waals surface area contributed by atoms with E-state index in [-0.39, 0.29) is 16.9 Å². The molecule has 4 rings (SSSR count). The molecule has 3 aliphatic rings. The van der Waals surface area contributed by atoms with Crippen LogP contribution in [0.4, 0.5) is 5.69 Å². The molecule has 30 heavy (non-hydrogen) atoms. The van der Waals surface area contributed by atoms with E-state index in [2.05, 4.69) is 4.90 Å². The van der Waals surface area contributed by atoms with Gasteiger partial charge in [0.05, 0.1) is 29.8 Å². The molecule has 0 spiro atoms. The summed E-state index contributed by atoms with van der Waals surface area (Å²) >= 11 is 0. The number of nitrogens with zero attached hydrogens (tertiary/aromatic N) is 2. The average Bonchev–Trinajstić information content (AvgIpc) is 3.28. The Morgan fingerprint density at radius 2 is 1.53 bits per heavy atom.